The fourth-order valence-corrected chi connectivity index (χ4v) is 3.11. The number of methoxy groups -OCH3 is 2. The van der Waals surface area contributed by atoms with Crippen LogP contribution >= 0.6 is 24.0 Å². The van der Waals surface area contributed by atoms with Gasteiger partial charge in [-0.15, -0.1) is 24.0 Å². The molecule has 0 saturated carbocycles. The van der Waals surface area contributed by atoms with Crippen LogP contribution in [0.15, 0.2) is 29.3 Å². The van der Waals surface area contributed by atoms with Crippen LogP contribution in [0.4, 0.5) is 0 Å². The maximum atomic E-state index is 11.8. The van der Waals surface area contributed by atoms with Gasteiger partial charge in [-0.1, -0.05) is 31.2 Å². The van der Waals surface area contributed by atoms with Crippen LogP contribution in [0.3, 0.4) is 0 Å². The van der Waals surface area contributed by atoms with Crippen molar-refractivity contribution in [1.82, 2.24) is 10.2 Å². The van der Waals surface area contributed by atoms with Gasteiger partial charge in [-0.05, 0) is 17.0 Å². The van der Waals surface area contributed by atoms with Crippen molar-refractivity contribution in [2.24, 2.45) is 16.8 Å². The third-order valence-electron chi connectivity index (χ3n) is 4.38. The number of benzene rings is 1. The van der Waals surface area contributed by atoms with E-state index >= 15 is 0 Å². The average Bonchev–Trinajstić information content (AvgIpc) is 2.97. The van der Waals surface area contributed by atoms with Crippen molar-refractivity contribution < 1.29 is 14.3 Å². The lowest BCUT2D eigenvalue weighted by atomic mass is 9.99. The molecule has 2 unspecified atom stereocenters. The summed E-state index contributed by atoms with van der Waals surface area (Å²) in [7, 11) is 4.90. The summed E-state index contributed by atoms with van der Waals surface area (Å²) in [6.07, 6.45) is 0. The number of esters is 1. The van der Waals surface area contributed by atoms with Crippen molar-refractivity contribution in [3.8, 4) is 0 Å². The number of nitrogens with zero attached hydrogens (tertiary/aromatic N) is 2. The van der Waals surface area contributed by atoms with Crippen LogP contribution in [0, 0.1) is 11.8 Å². The highest BCUT2D eigenvalue weighted by atomic mass is 127. The van der Waals surface area contributed by atoms with E-state index in [-0.39, 0.29) is 41.8 Å². The number of ether oxygens (including phenoxy) is 2. The number of guanidine groups is 1. The molecule has 2 rings (SSSR count). The summed E-state index contributed by atoms with van der Waals surface area (Å²) in [5.74, 6) is 0.817. The third kappa shape index (κ3) is 5.85. The predicted molar refractivity (Wildman–Crippen MR) is 109 cm³/mol. The molecule has 1 N–H and O–H groups in total. The van der Waals surface area contributed by atoms with E-state index in [1.165, 1.54) is 12.7 Å². The average molecular weight is 461 g/mol. The molecule has 1 aliphatic heterocycles. The minimum atomic E-state index is -0.146. The molecule has 0 bridgehead atoms. The van der Waals surface area contributed by atoms with E-state index < -0.39 is 0 Å². The molecule has 1 aromatic carbocycles. The summed E-state index contributed by atoms with van der Waals surface area (Å²) >= 11 is 0. The van der Waals surface area contributed by atoms with E-state index in [0.717, 1.165) is 18.1 Å². The Labute approximate surface area is 167 Å². The second-order valence-corrected chi connectivity index (χ2v) is 6.17. The first kappa shape index (κ1) is 21.7. The fourth-order valence-electron chi connectivity index (χ4n) is 3.11. The zero-order chi connectivity index (χ0) is 17.5. The van der Waals surface area contributed by atoms with Gasteiger partial charge in [-0.3, -0.25) is 9.79 Å². The lowest BCUT2D eigenvalue weighted by Gasteiger charge is -2.21. The quantitative estimate of drug-likeness (QED) is 0.316. The van der Waals surface area contributed by atoms with E-state index in [9.17, 15) is 4.79 Å². The zero-order valence-electron chi connectivity index (χ0n) is 15.3. The number of rotatable bonds is 5. The number of hydrogen-bond acceptors (Lipinski definition) is 4. The van der Waals surface area contributed by atoms with Crippen LogP contribution in [-0.4, -0.2) is 51.2 Å². The fraction of sp³-hybridized carbons (Fsp3) is 0.556. The number of nitrogens with one attached hydrogen (secondary N) is 1. The number of halogens is 1. The SMILES string of the molecule is CN=C(NCc1cccc(COC)c1)N1CC(C)C(C(=O)OC)C1.I. The first-order valence-corrected chi connectivity index (χ1v) is 8.19. The smallest absolute Gasteiger partial charge is 0.310 e. The Morgan fingerprint density at radius 3 is 2.68 bits per heavy atom. The van der Waals surface area contributed by atoms with Crippen LogP contribution in [0.25, 0.3) is 0 Å². The largest absolute Gasteiger partial charge is 0.469 e. The zero-order valence-corrected chi connectivity index (χ0v) is 17.7. The van der Waals surface area contributed by atoms with Crippen molar-refractivity contribution >= 4 is 35.9 Å². The van der Waals surface area contributed by atoms with Crippen molar-refractivity contribution in [1.29, 1.82) is 0 Å². The molecule has 0 aromatic heterocycles. The van der Waals surface area contributed by atoms with Gasteiger partial charge in [0, 0.05) is 33.8 Å². The molecule has 0 aliphatic carbocycles. The second-order valence-electron chi connectivity index (χ2n) is 6.17. The summed E-state index contributed by atoms with van der Waals surface area (Å²) < 4.78 is 10.1. The van der Waals surface area contributed by atoms with Gasteiger partial charge in [0.1, 0.15) is 0 Å². The van der Waals surface area contributed by atoms with Crippen LogP contribution in [0.2, 0.25) is 0 Å². The molecule has 1 heterocycles. The minimum Gasteiger partial charge on any atom is -0.469 e. The van der Waals surface area contributed by atoms with Crippen molar-refractivity contribution in [3.63, 3.8) is 0 Å². The van der Waals surface area contributed by atoms with Crippen molar-refractivity contribution in [2.75, 3.05) is 34.4 Å². The van der Waals surface area contributed by atoms with E-state index in [2.05, 4.69) is 34.3 Å². The monoisotopic (exact) mass is 461 g/mol. The topological polar surface area (TPSA) is 63.2 Å². The van der Waals surface area contributed by atoms with Gasteiger partial charge in [0.05, 0.1) is 19.6 Å². The van der Waals surface area contributed by atoms with Crippen LogP contribution in [0.5, 0.6) is 0 Å². The summed E-state index contributed by atoms with van der Waals surface area (Å²) in [5, 5.41) is 3.38. The molecule has 2 atom stereocenters. The number of carbonyl (C=O) groups is 1. The summed E-state index contributed by atoms with van der Waals surface area (Å²) in [5.41, 5.74) is 2.31. The number of likely N-dealkylation sites (tertiary alicyclic amines) is 1. The molecule has 1 aromatic rings. The van der Waals surface area contributed by atoms with Gasteiger partial charge in [0.15, 0.2) is 5.96 Å². The van der Waals surface area contributed by atoms with E-state index in [1.807, 2.05) is 12.1 Å². The highest BCUT2D eigenvalue weighted by Crippen LogP contribution is 2.24. The highest BCUT2D eigenvalue weighted by Gasteiger charge is 2.36. The maximum absolute atomic E-state index is 11.8. The molecule has 7 heteroatoms. The molecule has 1 fully saturated rings. The molecule has 140 valence electrons. The van der Waals surface area contributed by atoms with Crippen molar-refractivity contribution in [3.05, 3.63) is 35.4 Å². The molecule has 6 nitrogen and oxygen atoms in total. The standard InChI is InChI=1S/C18H27N3O3.HI/c1-13-10-21(11-16(13)17(22)24-4)18(19-2)20-9-14-6-5-7-15(8-14)12-23-3;/h5-8,13,16H,9-12H2,1-4H3,(H,19,20);1H. The predicted octanol–water partition coefficient (Wildman–Crippen LogP) is 2.27. The van der Waals surface area contributed by atoms with Gasteiger partial charge in [0.2, 0.25) is 0 Å². The normalized spacial score (nSPS) is 20.2. The number of hydrogen-bond donors (Lipinski definition) is 1. The van der Waals surface area contributed by atoms with E-state index in [0.29, 0.717) is 19.7 Å². The Balaban J connectivity index is 0.00000312. The maximum Gasteiger partial charge on any atom is 0.310 e. The Bertz CT molecular complexity index is 595. The van der Waals surface area contributed by atoms with Crippen LogP contribution < -0.4 is 5.32 Å². The highest BCUT2D eigenvalue weighted by molar-refractivity contribution is 14.0. The Morgan fingerprint density at radius 2 is 2.04 bits per heavy atom. The molecule has 0 radical (unpaired) electrons. The van der Waals surface area contributed by atoms with Gasteiger partial charge < -0.3 is 19.7 Å². The summed E-state index contributed by atoms with van der Waals surface area (Å²) in [6.45, 7) is 4.79. The molecule has 25 heavy (non-hydrogen) atoms. The second kappa shape index (κ2) is 10.6. The lowest BCUT2D eigenvalue weighted by molar-refractivity contribution is -0.145. The van der Waals surface area contributed by atoms with Crippen LogP contribution in [-0.2, 0) is 27.4 Å². The first-order valence-electron chi connectivity index (χ1n) is 8.19. The molecule has 1 saturated heterocycles. The van der Waals surface area contributed by atoms with Gasteiger partial charge in [-0.25, -0.2) is 0 Å². The van der Waals surface area contributed by atoms with Gasteiger partial charge in [0.25, 0.3) is 0 Å². The first-order chi connectivity index (χ1) is 11.6. The Kier molecular flexibility index (Phi) is 9.20. The Hall–Kier alpha value is -1.35. The molecule has 0 spiro atoms. The third-order valence-corrected chi connectivity index (χ3v) is 4.38. The Morgan fingerprint density at radius 1 is 1.32 bits per heavy atom. The summed E-state index contributed by atoms with van der Waals surface area (Å²) in [6, 6.07) is 8.27. The molecular formula is C18H28IN3O3. The van der Waals surface area contributed by atoms with Crippen LogP contribution in [0.1, 0.15) is 18.1 Å². The molecular weight excluding hydrogens is 433 g/mol. The molecule has 1 aliphatic rings. The number of carbonyl (C=O) groups excluding carboxylic acids is 1. The summed E-state index contributed by atoms with van der Waals surface area (Å²) in [4.78, 5) is 18.3. The lowest BCUT2D eigenvalue weighted by Crippen LogP contribution is -2.40. The number of aliphatic imine (C=N–C) groups is 1. The van der Waals surface area contributed by atoms with Gasteiger partial charge in [-0.2, -0.15) is 0 Å². The minimum absolute atomic E-state index is 0. The van der Waals surface area contributed by atoms with E-state index in [1.54, 1.807) is 14.2 Å². The molecule has 0 amide bonds. The van der Waals surface area contributed by atoms with E-state index in [4.69, 9.17) is 9.47 Å². The van der Waals surface area contributed by atoms with Crippen molar-refractivity contribution in [2.45, 2.75) is 20.1 Å². The van der Waals surface area contributed by atoms with Gasteiger partial charge >= 0.3 is 5.97 Å².